The lowest BCUT2D eigenvalue weighted by Gasteiger charge is -2.35. The molecule has 9 nitrogen and oxygen atoms in total. The van der Waals surface area contributed by atoms with Crippen LogP contribution in [0.3, 0.4) is 0 Å². The van der Waals surface area contributed by atoms with Gasteiger partial charge in [-0.3, -0.25) is 9.78 Å². The van der Waals surface area contributed by atoms with Crippen molar-refractivity contribution in [3.8, 4) is 11.1 Å². The van der Waals surface area contributed by atoms with E-state index in [1.807, 2.05) is 0 Å². The van der Waals surface area contributed by atoms with Gasteiger partial charge in [0.25, 0.3) is 5.91 Å². The molecule has 0 unspecified atom stereocenters. The van der Waals surface area contributed by atoms with E-state index < -0.39 is 39.8 Å². The van der Waals surface area contributed by atoms with Crippen molar-refractivity contribution in [3.05, 3.63) is 71.7 Å². The van der Waals surface area contributed by atoms with E-state index in [4.69, 9.17) is 5.73 Å². The van der Waals surface area contributed by atoms with Crippen LogP contribution in [0.4, 0.5) is 19.0 Å². The highest BCUT2D eigenvalue weighted by Crippen LogP contribution is 2.30. The lowest BCUT2D eigenvalue weighted by atomic mass is 9.99. The number of β-amino-alcohol motifs (C(OH)–C–C–N with tert-alkyl or cyclic N) is 1. The van der Waals surface area contributed by atoms with Crippen molar-refractivity contribution in [2.75, 3.05) is 18.4 Å². The highest BCUT2D eigenvalue weighted by atomic mass is 32.2. The van der Waals surface area contributed by atoms with Gasteiger partial charge in [0, 0.05) is 37.2 Å². The summed E-state index contributed by atoms with van der Waals surface area (Å²) in [5.74, 6) is -0.467. The highest BCUT2D eigenvalue weighted by molar-refractivity contribution is 7.89. The Hall–Kier alpha value is -3.55. The van der Waals surface area contributed by atoms with Gasteiger partial charge < -0.3 is 16.2 Å². The number of piperidine rings is 1. The number of nitrogens with one attached hydrogen (secondary N) is 1. The predicted molar refractivity (Wildman–Crippen MR) is 129 cm³/mol. The Morgan fingerprint density at radius 3 is 2.41 bits per heavy atom. The molecule has 4 rings (SSSR count). The number of aromatic nitrogens is 2. The molecule has 1 aromatic carbocycles. The van der Waals surface area contributed by atoms with Crippen LogP contribution in [-0.2, 0) is 16.2 Å². The van der Waals surface area contributed by atoms with Gasteiger partial charge >= 0.3 is 6.18 Å². The van der Waals surface area contributed by atoms with E-state index in [1.54, 1.807) is 25.3 Å². The highest BCUT2D eigenvalue weighted by Gasteiger charge is 2.35. The normalized spacial score (nSPS) is 18.9. The molecule has 2 atom stereocenters. The third-order valence-corrected chi connectivity index (χ3v) is 8.13. The fourth-order valence-corrected chi connectivity index (χ4v) is 5.62. The summed E-state index contributed by atoms with van der Waals surface area (Å²) in [4.78, 5) is 19.4. The first-order valence-corrected chi connectivity index (χ1v) is 12.6. The van der Waals surface area contributed by atoms with Crippen molar-refractivity contribution in [3.63, 3.8) is 0 Å². The zero-order chi connectivity index (χ0) is 27.0. The van der Waals surface area contributed by atoms with Crippen molar-refractivity contribution in [1.82, 2.24) is 14.3 Å². The number of aliphatic hydroxyl groups excluding tert-OH is 1. The fraction of sp³-hybridized carbons (Fsp3) is 0.292. The number of anilines is 1. The third-order valence-electron chi connectivity index (χ3n) is 6.25. The number of nitrogens with two attached hydrogens (primary N) is 1. The van der Waals surface area contributed by atoms with Crippen LogP contribution >= 0.6 is 0 Å². The predicted octanol–water partition coefficient (Wildman–Crippen LogP) is 2.81. The van der Waals surface area contributed by atoms with Gasteiger partial charge in [-0.15, -0.1) is 0 Å². The molecule has 13 heteroatoms. The van der Waals surface area contributed by atoms with E-state index in [0.29, 0.717) is 22.9 Å². The van der Waals surface area contributed by atoms with E-state index >= 15 is 0 Å². The van der Waals surface area contributed by atoms with Gasteiger partial charge in [-0.05, 0) is 48.7 Å². The first kappa shape index (κ1) is 26.5. The van der Waals surface area contributed by atoms with Gasteiger partial charge in [0.05, 0.1) is 28.2 Å². The molecule has 0 spiro atoms. The quantitative estimate of drug-likeness (QED) is 0.441. The van der Waals surface area contributed by atoms with Gasteiger partial charge in [0.1, 0.15) is 5.82 Å². The van der Waals surface area contributed by atoms with Gasteiger partial charge in [0.15, 0.2) is 0 Å². The number of pyridine rings is 2. The Labute approximate surface area is 211 Å². The van der Waals surface area contributed by atoms with E-state index in [0.717, 1.165) is 16.4 Å². The average molecular weight is 536 g/mol. The molecule has 1 aliphatic heterocycles. The second kappa shape index (κ2) is 10.1. The standard InChI is InChI=1S/C24H24F3N5O4S/c1-14-18(11-29-12-19(14)23(28)34)15-2-5-17(6-3-15)37(35,36)32-9-8-20(21(33)13-32)31-22-7-4-16(10-30-22)24(25,26)27/h2-7,10-12,20-21,33H,8-9,13H2,1H3,(H2,28,34)(H,30,31)/t20-,21+/m1/s1. The van der Waals surface area contributed by atoms with Gasteiger partial charge in [0.2, 0.25) is 10.0 Å². The minimum absolute atomic E-state index is 0.0240. The SMILES string of the molecule is Cc1c(C(N)=O)cncc1-c1ccc(S(=O)(=O)N2CC[C@@H](Nc3ccc(C(F)(F)F)cn3)[C@@H](O)C2)cc1. The average Bonchev–Trinajstić information content (AvgIpc) is 2.85. The summed E-state index contributed by atoms with van der Waals surface area (Å²) < 4.78 is 65.7. The number of alkyl halides is 3. The molecule has 1 fully saturated rings. The molecule has 3 heterocycles. The molecule has 2 aromatic heterocycles. The van der Waals surface area contributed by atoms with Gasteiger partial charge in [-0.25, -0.2) is 13.4 Å². The molecule has 0 bridgehead atoms. The lowest BCUT2D eigenvalue weighted by Crippen LogP contribution is -2.51. The number of hydrogen-bond acceptors (Lipinski definition) is 7. The molecular formula is C24H24F3N5O4S. The fourth-order valence-electron chi connectivity index (χ4n) is 4.15. The number of carbonyl (C=O) groups is 1. The Balaban J connectivity index is 1.45. The zero-order valence-corrected chi connectivity index (χ0v) is 20.4. The molecule has 3 aromatic rings. The molecule has 196 valence electrons. The van der Waals surface area contributed by atoms with Crippen LogP contribution in [0.2, 0.25) is 0 Å². The monoisotopic (exact) mass is 535 g/mol. The molecule has 0 saturated carbocycles. The second-order valence-corrected chi connectivity index (χ2v) is 10.6. The maximum Gasteiger partial charge on any atom is 0.417 e. The second-order valence-electron chi connectivity index (χ2n) is 8.65. The lowest BCUT2D eigenvalue weighted by molar-refractivity contribution is -0.137. The Kier molecular flexibility index (Phi) is 7.22. The maximum absolute atomic E-state index is 13.2. The molecule has 37 heavy (non-hydrogen) atoms. The van der Waals surface area contributed by atoms with Crippen LogP contribution in [0.25, 0.3) is 11.1 Å². The van der Waals surface area contributed by atoms with Crippen molar-refractivity contribution < 1.29 is 31.5 Å². The van der Waals surface area contributed by atoms with Gasteiger partial charge in [-0.1, -0.05) is 12.1 Å². The molecule has 1 amide bonds. The van der Waals surface area contributed by atoms with Crippen LogP contribution < -0.4 is 11.1 Å². The van der Waals surface area contributed by atoms with Crippen LogP contribution in [0.5, 0.6) is 0 Å². The Bertz CT molecular complexity index is 1400. The first-order chi connectivity index (χ1) is 17.4. The summed E-state index contributed by atoms with van der Waals surface area (Å²) in [7, 11) is -3.93. The Morgan fingerprint density at radius 1 is 1.14 bits per heavy atom. The number of hydrogen-bond donors (Lipinski definition) is 3. The Morgan fingerprint density at radius 2 is 1.84 bits per heavy atom. The number of rotatable bonds is 6. The first-order valence-electron chi connectivity index (χ1n) is 11.2. The summed E-state index contributed by atoms with van der Waals surface area (Å²) in [6, 6.07) is 7.52. The summed E-state index contributed by atoms with van der Waals surface area (Å²) in [6.07, 6.45) is -1.78. The topological polar surface area (TPSA) is 139 Å². The van der Waals surface area contributed by atoms with E-state index in [9.17, 15) is 31.5 Å². The molecule has 1 aliphatic rings. The molecule has 1 saturated heterocycles. The number of carbonyl (C=O) groups excluding carboxylic acids is 1. The minimum Gasteiger partial charge on any atom is -0.390 e. The molecule has 0 radical (unpaired) electrons. The molecular weight excluding hydrogens is 511 g/mol. The van der Waals surface area contributed by atoms with Crippen molar-refractivity contribution >= 4 is 21.7 Å². The number of sulfonamides is 1. The number of aliphatic hydroxyl groups is 1. The maximum atomic E-state index is 13.2. The van der Waals surface area contributed by atoms with Crippen molar-refractivity contribution in [2.45, 2.75) is 36.6 Å². The third kappa shape index (κ3) is 5.58. The number of halogens is 3. The largest absolute Gasteiger partial charge is 0.417 e. The summed E-state index contributed by atoms with van der Waals surface area (Å²) >= 11 is 0. The van der Waals surface area contributed by atoms with E-state index in [-0.39, 0.29) is 35.8 Å². The smallest absolute Gasteiger partial charge is 0.390 e. The van der Waals surface area contributed by atoms with E-state index in [2.05, 4.69) is 15.3 Å². The summed E-state index contributed by atoms with van der Waals surface area (Å²) in [6.45, 7) is 1.61. The number of benzene rings is 1. The van der Waals surface area contributed by atoms with Crippen LogP contribution in [-0.4, -0.2) is 58.9 Å². The summed E-state index contributed by atoms with van der Waals surface area (Å²) in [5, 5.41) is 13.4. The minimum atomic E-state index is -4.51. The van der Waals surface area contributed by atoms with Crippen LogP contribution in [0, 0.1) is 6.92 Å². The molecule has 4 N–H and O–H groups in total. The van der Waals surface area contributed by atoms with Crippen molar-refractivity contribution in [1.29, 1.82) is 0 Å². The van der Waals surface area contributed by atoms with Gasteiger partial charge in [-0.2, -0.15) is 17.5 Å². The van der Waals surface area contributed by atoms with Crippen LogP contribution in [0.1, 0.15) is 27.9 Å². The number of primary amides is 1. The van der Waals surface area contributed by atoms with E-state index in [1.165, 1.54) is 18.3 Å². The van der Waals surface area contributed by atoms with Crippen LogP contribution in [0.15, 0.2) is 59.9 Å². The number of amides is 1. The molecule has 0 aliphatic carbocycles. The zero-order valence-electron chi connectivity index (χ0n) is 19.6. The summed E-state index contributed by atoms with van der Waals surface area (Å²) in [5.41, 5.74) is 6.67. The van der Waals surface area contributed by atoms with Crippen molar-refractivity contribution in [2.24, 2.45) is 5.73 Å². The number of nitrogens with zero attached hydrogens (tertiary/aromatic N) is 3.